The van der Waals surface area contributed by atoms with E-state index < -0.39 is 0 Å². The summed E-state index contributed by atoms with van der Waals surface area (Å²) in [6.07, 6.45) is 0.928. The van der Waals surface area contributed by atoms with Crippen molar-refractivity contribution in [2.75, 3.05) is 37.0 Å². The fourth-order valence-electron chi connectivity index (χ4n) is 3.01. The van der Waals surface area contributed by atoms with Crippen molar-refractivity contribution >= 4 is 17.4 Å². The molecule has 0 aromatic heterocycles. The van der Waals surface area contributed by atoms with Crippen LogP contribution in [0.2, 0.25) is 0 Å². The van der Waals surface area contributed by atoms with Crippen LogP contribution in [-0.4, -0.2) is 32.8 Å². The second-order valence-corrected chi connectivity index (χ2v) is 6.12. The Hall–Kier alpha value is -2.76. The quantitative estimate of drug-likeness (QED) is 0.874. The highest BCUT2D eigenvalue weighted by molar-refractivity contribution is 5.89. The van der Waals surface area contributed by atoms with Crippen LogP contribution in [0, 0.1) is 11.7 Å². The van der Waals surface area contributed by atoms with Crippen LogP contribution in [0.5, 0.6) is 5.75 Å². The van der Waals surface area contributed by atoms with Gasteiger partial charge in [-0.15, -0.1) is 0 Å². The zero-order valence-electron chi connectivity index (χ0n) is 14.2. The summed E-state index contributed by atoms with van der Waals surface area (Å²) in [5.41, 5.74) is 1.34. The normalized spacial score (nSPS) is 16.6. The van der Waals surface area contributed by atoms with Crippen molar-refractivity contribution in [1.82, 2.24) is 5.32 Å². The predicted octanol–water partition coefficient (Wildman–Crippen LogP) is 3.48. The molecule has 1 aliphatic rings. The number of para-hydroxylation sites is 1. The number of carbonyl (C=O) groups excluding carboxylic acids is 1. The number of nitrogens with one attached hydrogen (secondary N) is 2. The lowest BCUT2D eigenvalue weighted by molar-refractivity contribution is 0.250. The molecule has 25 heavy (non-hydrogen) atoms. The van der Waals surface area contributed by atoms with Gasteiger partial charge in [-0.1, -0.05) is 12.1 Å². The average Bonchev–Trinajstić information content (AvgIpc) is 3.10. The minimum absolute atomic E-state index is 0.201. The SMILES string of the molecule is COc1ccc(NC(=O)NC[C@H]2CCN(c3ccccc3F)C2)cc1. The Balaban J connectivity index is 1.46. The molecule has 0 saturated carbocycles. The molecule has 0 spiro atoms. The molecule has 1 fully saturated rings. The van der Waals surface area contributed by atoms with Gasteiger partial charge in [0.25, 0.3) is 0 Å². The van der Waals surface area contributed by atoms with Crippen molar-refractivity contribution in [1.29, 1.82) is 0 Å². The summed E-state index contributed by atoms with van der Waals surface area (Å²) in [6.45, 7) is 2.10. The number of halogens is 1. The third-order valence-electron chi connectivity index (χ3n) is 4.38. The van der Waals surface area contributed by atoms with Crippen LogP contribution in [0.1, 0.15) is 6.42 Å². The Bertz CT molecular complexity index is 721. The molecule has 1 heterocycles. The third-order valence-corrected chi connectivity index (χ3v) is 4.38. The summed E-state index contributed by atoms with van der Waals surface area (Å²) in [7, 11) is 1.60. The van der Waals surface area contributed by atoms with Gasteiger partial charge in [0.1, 0.15) is 11.6 Å². The van der Waals surface area contributed by atoms with E-state index in [2.05, 4.69) is 10.6 Å². The lowest BCUT2D eigenvalue weighted by atomic mass is 10.1. The van der Waals surface area contributed by atoms with Gasteiger partial charge >= 0.3 is 6.03 Å². The number of anilines is 2. The van der Waals surface area contributed by atoms with E-state index in [1.165, 1.54) is 6.07 Å². The highest BCUT2D eigenvalue weighted by Crippen LogP contribution is 2.25. The second-order valence-electron chi connectivity index (χ2n) is 6.12. The van der Waals surface area contributed by atoms with Crippen LogP contribution in [0.15, 0.2) is 48.5 Å². The molecule has 2 aromatic carbocycles. The first-order valence-electron chi connectivity index (χ1n) is 8.34. The number of hydrogen-bond donors (Lipinski definition) is 2. The summed E-state index contributed by atoms with van der Waals surface area (Å²) in [5.74, 6) is 0.847. The van der Waals surface area contributed by atoms with E-state index in [0.717, 1.165) is 25.3 Å². The number of ether oxygens (including phenoxy) is 1. The highest BCUT2D eigenvalue weighted by Gasteiger charge is 2.24. The standard InChI is InChI=1S/C19H22FN3O2/c1-25-16-8-6-15(7-9-16)22-19(24)21-12-14-10-11-23(13-14)18-5-3-2-4-17(18)20/h2-9,14H,10-13H2,1H3,(H2,21,22,24)/t14-/m1/s1. The smallest absolute Gasteiger partial charge is 0.319 e. The van der Waals surface area contributed by atoms with Gasteiger partial charge in [0.2, 0.25) is 0 Å². The molecule has 132 valence electrons. The minimum atomic E-state index is -0.241. The van der Waals surface area contributed by atoms with Crippen LogP contribution in [0.25, 0.3) is 0 Å². The maximum Gasteiger partial charge on any atom is 0.319 e. The van der Waals surface area contributed by atoms with Crippen molar-refractivity contribution in [3.8, 4) is 5.75 Å². The monoisotopic (exact) mass is 343 g/mol. The molecular weight excluding hydrogens is 321 g/mol. The summed E-state index contributed by atoms with van der Waals surface area (Å²) in [5, 5.41) is 5.68. The van der Waals surface area contributed by atoms with Gasteiger partial charge in [0.15, 0.2) is 0 Å². The lowest BCUT2D eigenvalue weighted by Crippen LogP contribution is -2.34. The van der Waals surface area contributed by atoms with Gasteiger partial charge in [-0.2, -0.15) is 0 Å². The van der Waals surface area contributed by atoms with Crippen molar-refractivity contribution in [2.45, 2.75) is 6.42 Å². The van der Waals surface area contributed by atoms with Crippen molar-refractivity contribution in [3.63, 3.8) is 0 Å². The maximum absolute atomic E-state index is 13.8. The zero-order valence-corrected chi connectivity index (χ0v) is 14.2. The minimum Gasteiger partial charge on any atom is -0.497 e. The van der Waals surface area contributed by atoms with E-state index in [0.29, 0.717) is 23.8 Å². The van der Waals surface area contributed by atoms with Crippen LogP contribution < -0.4 is 20.3 Å². The Morgan fingerprint density at radius 2 is 2.00 bits per heavy atom. The van der Waals surface area contributed by atoms with Gasteiger partial charge in [-0.25, -0.2) is 9.18 Å². The molecule has 1 aliphatic heterocycles. The third kappa shape index (κ3) is 4.41. The van der Waals surface area contributed by atoms with E-state index >= 15 is 0 Å². The van der Waals surface area contributed by atoms with E-state index in [-0.39, 0.29) is 11.8 Å². The van der Waals surface area contributed by atoms with Gasteiger partial charge < -0.3 is 20.3 Å². The number of benzene rings is 2. The molecule has 1 atom stereocenters. The largest absolute Gasteiger partial charge is 0.497 e. The molecule has 2 amide bonds. The van der Waals surface area contributed by atoms with Crippen LogP contribution in [0.3, 0.4) is 0 Å². The van der Waals surface area contributed by atoms with Crippen molar-refractivity contribution < 1.29 is 13.9 Å². The first-order valence-corrected chi connectivity index (χ1v) is 8.34. The number of amides is 2. The molecule has 3 rings (SSSR count). The first kappa shape index (κ1) is 17.1. The summed E-state index contributed by atoms with van der Waals surface area (Å²) < 4.78 is 18.9. The van der Waals surface area contributed by atoms with Gasteiger partial charge in [0, 0.05) is 25.3 Å². The molecule has 5 nitrogen and oxygen atoms in total. The lowest BCUT2D eigenvalue weighted by Gasteiger charge is -2.19. The van der Waals surface area contributed by atoms with Gasteiger partial charge in [-0.05, 0) is 48.7 Å². The fraction of sp³-hybridized carbons (Fsp3) is 0.316. The van der Waals surface area contributed by atoms with Crippen LogP contribution in [-0.2, 0) is 0 Å². The summed E-state index contributed by atoms with van der Waals surface area (Å²) in [6, 6.07) is 13.7. The fourth-order valence-corrected chi connectivity index (χ4v) is 3.01. The van der Waals surface area contributed by atoms with E-state index in [1.807, 2.05) is 11.0 Å². The number of methoxy groups -OCH3 is 1. The van der Waals surface area contributed by atoms with Crippen LogP contribution >= 0.6 is 0 Å². The van der Waals surface area contributed by atoms with E-state index in [1.54, 1.807) is 43.5 Å². The average molecular weight is 343 g/mol. The Morgan fingerprint density at radius 1 is 1.24 bits per heavy atom. The first-order chi connectivity index (χ1) is 12.2. The van der Waals surface area contributed by atoms with Crippen molar-refractivity contribution in [3.05, 3.63) is 54.3 Å². The maximum atomic E-state index is 13.8. The molecule has 0 bridgehead atoms. The summed E-state index contributed by atoms with van der Waals surface area (Å²) in [4.78, 5) is 14.0. The topological polar surface area (TPSA) is 53.6 Å². The van der Waals surface area contributed by atoms with Gasteiger partial charge in [0.05, 0.1) is 12.8 Å². The number of urea groups is 1. The molecular formula is C19H22FN3O2. The number of carbonyl (C=O) groups is 1. The van der Waals surface area contributed by atoms with Crippen molar-refractivity contribution in [2.24, 2.45) is 5.92 Å². The Morgan fingerprint density at radius 3 is 2.72 bits per heavy atom. The molecule has 2 N–H and O–H groups in total. The summed E-state index contributed by atoms with van der Waals surface area (Å²) >= 11 is 0. The molecule has 0 radical (unpaired) electrons. The predicted molar refractivity (Wildman–Crippen MR) is 96.7 cm³/mol. The Kier molecular flexibility index (Phi) is 5.38. The number of rotatable bonds is 5. The molecule has 6 heteroatoms. The number of nitrogens with zero attached hydrogens (tertiary/aromatic N) is 1. The van der Waals surface area contributed by atoms with E-state index in [4.69, 9.17) is 4.74 Å². The van der Waals surface area contributed by atoms with Gasteiger partial charge in [-0.3, -0.25) is 0 Å². The molecule has 0 unspecified atom stereocenters. The highest BCUT2D eigenvalue weighted by atomic mass is 19.1. The van der Waals surface area contributed by atoms with E-state index in [9.17, 15) is 9.18 Å². The second kappa shape index (κ2) is 7.88. The Labute approximate surface area is 146 Å². The zero-order chi connectivity index (χ0) is 17.6. The molecule has 2 aromatic rings. The molecule has 1 saturated heterocycles. The molecule has 0 aliphatic carbocycles. The van der Waals surface area contributed by atoms with Crippen LogP contribution in [0.4, 0.5) is 20.6 Å². The number of hydrogen-bond acceptors (Lipinski definition) is 3.